The summed E-state index contributed by atoms with van der Waals surface area (Å²) in [5.41, 5.74) is 1.01. The second-order valence-electron chi connectivity index (χ2n) is 6.09. The Morgan fingerprint density at radius 3 is 2.50 bits per heavy atom. The van der Waals surface area contributed by atoms with E-state index in [1.807, 2.05) is 38.1 Å². The molecule has 2 rings (SSSR count). The number of benzene rings is 1. The Morgan fingerprint density at radius 2 is 1.88 bits per heavy atom. The van der Waals surface area contributed by atoms with Crippen LogP contribution in [0.2, 0.25) is 0 Å². The van der Waals surface area contributed by atoms with Crippen LogP contribution in [0.15, 0.2) is 30.3 Å². The highest BCUT2D eigenvalue weighted by molar-refractivity contribution is 5.99. The van der Waals surface area contributed by atoms with E-state index in [2.05, 4.69) is 15.6 Å². The number of aliphatic hydroxyl groups excluding tert-OH is 1. The molecule has 0 aliphatic rings. The van der Waals surface area contributed by atoms with Crippen LogP contribution in [0.4, 0.5) is 0 Å². The van der Waals surface area contributed by atoms with Gasteiger partial charge in [0.25, 0.3) is 5.91 Å². The number of nitrogens with one attached hydrogen (secondary N) is 3. The lowest BCUT2D eigenvalue weighted by molar-refractivity contribution is -0.120. The highest BCUT2D eigenvalue weighted by Gasteiger charge is 2.25. The second kappa shape index (κ2) is 7.97. The zero-order chi connectivity index (χ0) is 17.6. The van der Waals surface area contributed by atoms with E-state index in [0.29, 0.717) is 12.2 Å². The summed E-state index contributed by atoms with van der Waals surface area (Å²) in [7, 11) is 0. The van der Waals surface area contributed by atoms with Crippen LogP contribution >= 0.6 is 0 Å². The van der Waals surface area contributed by atoms with Crippen LogP contribution in [0.5, 0.6) is 0 Å². The Morgan fingerprint density at radius 1 is 1.17 bits per heavy atom. The molecule has 1 aromatic heterocycles. The van der Waals surface area contributed by atoms with Crippen LogP contribution < -0.4 is 10.6 Å². The molecule has 0 radical (unpaired) electrons. The van der Waals surface area contributed by atoms with Crippen molar-refractivity contribution in [2.24, 2.45) is 5.41 Å². The number of hydrogen-bond acceptors (Lipinski definition) is 3. The maximum absolute atomic E-state index is 12.1. The summed E-state index contributed by atoms with van der Waals surface area (Å²) in [6.07, 6.45) is 1.56. The van der Waals surface area contributed by atoms with Gasteiger partial charge in [0.2, 0.25) is 5.91 Å². The first-order chi connectivity index (χ1) is 11.5. The van der Waals surface area contributed by atoms with E-state index < -0.39 is 0 Å². The molecular weight excluding hydrogens is 306 g/mol. The van der Waals surface area contributed by atoms with Gasteiger partial charge in [-0.25, -0.2) is 0 Å². The number of para-hydroxylation sites is 1. The summed E-state index contributed by atoms with van der Waals surface area (Å²) in [5, 5.41) is 15.8. The quantitative estimate of drug-likeness (QED) is 0.594. The Labute approximate surface area is 141 Å². The molecule has 6 nitrogen and oxygen atoms in total. The van der Waals surface area contributed by atoms with Crippen molar-refractivity contribution in [1.82, 2.24) is 15.6 Å². The number of fused-ring (bicyclic) bond motifs is 1. The van der Waals surface area contributed by atoms with Gasteiger partial charge in [0.05, 0.1) is 13.2 Å². The fourth-order valence-corrected chi connectivity index (χ4v) is 2.58. The highest BCUT2D eigenvalue weighted by Crippen LogP contribution is 2.24. The normalized spacial score (nSPS) is 11.5. The number of aromatic amines is 1. The van der Waals surface area contributed by atoms with Gasteiger partial charge in [-0.15, -0.1) is 0 Å². The van der Waals surface area contributed by atoms with Crippen LogP contribution in [-0.2, 0) is 4.79 Å². The molecule has 6 heteroatoms. The number of aromatic nitrogens is 1. The van der Waals surface area contributed by atoms with E-state index in [1.54, 1.807) is 6.07 Å². The van der Waals surface area contributed by atoms with Gasteiger partial charge in [-0.1, -0.05) is 32.0 Å². The van der Waals surface area contributed by atoms with Crippen molar-refractivity contribution in [1.29, 1.82) is 0 Å². The van der Waals surface area contributed by atoms with E-state index in [1.165, 1.54) is 0 Å². The van der Waals surface area contributed by atoms with Gasteiger partial charge in [0, 0.05) is 22.9 Å². The summed E-state index contributed by atoms with van der Waals surface area (Å²) in [6, 6.07) is 9.36. The summed E-state index contributed by atoms with van der Waals surface area (Å²) in [5.74, 6) is -0.583. The monoisotopic (exact) mass is 331 g/mol. The van der Waals surface area contributed by atoms with Gasteiger partial charge >= 0.3 is 0 Å². The zero-order valence-electron chi connectivity index (χ0n) is 14.2. The Hall–Kier alpha value is -2.34. The van der Waals surface area contributed by atoms with Gasteiger partial charge in [-0.05, 0) is 25.0 Å². The van der Waals surface area contributed by atoms with Gasteiger partial charge in [0.15, 0.2) is 0 Å². The first kappa shape index (κ1) is 18.0. The van der Waals surface area contributed by atoms with Crippen molar-refractivity contribution in [3.8, 4) is 0 Å². The Kier molecular flexibility index (Phi) is 5.98. The molecule has 0 aliphatic heterocycles. The standard InChI is InChI=1S/C18H25N3O3/c1-3-18(4-2,12-22)11-20-16(23)10-19-17(24)15-9-13-7-5-6-8-14(13)21-15/h5-9,21-22H,3-4,10-12H2,1-2H3,(H,19,24)(H,20,23). The molecule has 4 N–H and O–H groups in total. The lowest BCUT2D eigenvalue weighted by atomic mass is 9.83. The largest absolute Gasteiger partial charge is 0.396 e. The van der Waals surface area contributed by atoms with Crippen molar-refractivity contribution >= 4 is 22.7 Å². The fourth-order valence-electron chi connectivity index (χ4n) is 2.58. The predicted octanol–water partition coefficient (Wildman–Crippen LogP) is 1.81. The lowest BCUT2D eigenvalue weighted by Crippen LogP contribution is -2.43. The van der Waals surface area contributed by atoms with Gasteiger partial charge in [-0.2, -0.15) is 0 Å². The number of H-pyrrole nitrogens is 1. The van der Waals surface area contributed by atoms with E-state index in [9.17, 15) is 14.7 Å². The predicted molar refractivity (Wildman–Crippen MR) is 93.7 cm³/mol. The third-order valence-corrected chi connectivity index (χ3v) is 4.68. The molecular formula is C18H25N3O3. The topological polar surface area (TPSA) is 94.2 Å². The summed E-state index contributed by atoms with van der Waals surface area (Å²) in [6.45, 7) is 4.32. The summed E-state index contributed by atoms with van der Waals surface area (Å²) >= 11 is 0. The number of amides is 2. The number of carbonyl (C=O) groups is 2. The van der Waals surface area contributed by atoms with Gasteiger partial charge in [0.1, 0.15) is 5.69 Å². The lowest BCUT2D eigenvalue weighted by Gasteiger charge is -2.29. The molecule has 0 saturated heterocycles. The summed E-state index contributed by atoms with van der Waals surface area (Å²) in [4.78, 5) is 27.1. The molecule has 24 heavy (non-hydrogen) atoms. The van der Waals surface area contributed by atoms with Crippen LogP contribution in [-0.4, -0.2) is 41.6 Å². The van der Waals surface area contributed by atoms with Gasteiger partial charge in [-0.3, -0.25) is 9.59 Å². The molecule has 0 bridgehead atoms. The van der Waals surface area contributed by atoms with Crippen LogP contribution in [0.3, 0.4) is 0 Å². The van der Waals surface area contributed by atoms with Crippen molar-refractivity contribution in [2.45, 2.75) is 26.7 Å². The van der Waals surface area contributed by atoms with Crippen molar-refractivity contribution in [3.63, 3.8) is 0 Å². The molecule has 0 fully saturated rings. The van der Waals surface area contributed by atoms with E-state index in [4.69, 9.17) is 0 Å². The highest BCUT2D eigenvalue weighted by atomic mass is 16.3. The van der Waals surface area contributed by atoms with E-state index in [0.717, 1.165) is 23.7 Å². The minimum atomic E-state index is -0.319. The molecule has 0 unspecified atom stereocenters. The zero-order valence-corrected chi connectivity index (χ0v) is 14.2. The molecule has 0 spiro atoms. The molecule has 2 aromatic rings. The second-order valence-corrected chi connectivity index (χ2v) is 6.09. The molecule has 130 valence electrons. The molecule has 0 saturated carbocycles. The third-order valence-electron chi connectivity index (χ3n) is 4.68. The maximum atomic E-state index is 12.1. The number of carbonyl (C=O) groups excluding carboxylic acids is 2. The average molecular weight is 331 g/mol. The SMILES string of the molecule is CCC(CC)(CO)CNC(=O)CNC(=O)c1cc2ccccc2[nH]1. The first-order valence-electron chi connectivity index (χ1n) is 8.27. The minimum absolute atomic E-state index is 0.0295. The van der Waals surface area contributed by atoms with Crippen molar-refractivity contribution < 1.29 is 14.7 Å². The van der Waals surface area contributed by atoms with Crippen LogP contribution in [0, 0.1) is 5.41 Å². The smallest absolute Gasteiger partial charge is 0.268 e. The van der Waals surface area contributed by atoms with Crippen LogP contribution in [0.1, 0.15) is 37.2 Å². The maximum Gasteiger partial charge on any atom is 0.268 e. The number of rotatable bonds is 8. The Balaban J connectivity index is 1.86. The molecule has 2 amide bonds. The van der Waals surface area contributed by atoms with E-state index in [-0.39, 0.29) is 30.4 Å². The third kappa shape index (κ3) is 4.14. The molecule has 0 atom stereocenters. The minimum Gasteiger partial charge on any atom is -0.396 e. The van der Waals surface area contributed by atoms with E-state index >= 15 is 0 Å². The Bertz CT molecular complexity index is 663. The first-order valence-corrected chi connectivity index (χ1v) is 8.27. The number of aliphatic hydroxyl groups is 1. The van der Waals surface area contributed by atoms with Crippen molar-refractivity contribution in [2.75, 3.05) is 19.7 Å². The van der Waals surface area contributed by atoms with Crippen LogP contribution in [0.25, 0.3) is 10.9 Å². The van der Waals surface area contributed by atoms with Gasteiger partial charge < -0.3 is 20.7 Å². The summed E-state index contributed by atoms with van der Waals surface area (Å²) < 4.78 is 0. The average Bonchev–Trinajstić information content (AvgIpc) is 3.05. The number of hydrogen-bond donors (Lipinski definition) is 4. The van der Waals surface area contributed by atoms with Crippen molar-refractivity contribution in [3.05, 3.63) is 36.0 Å². The molecule has 1 aromatic carbocycles. The molecule has 1 heterocycles. The molecule has 0 aliphatic carbocycles. The fraction of sp³-hybridized carbons (Fsp3) is 0.444.